The van der Waals surface area contributed by atoms with Gasteiger partial charge in [-0.1, -0.05) is 22.0 Å². The van der Waals surface area contributed by atoms with Crippen LogP contribution in [0, 0.1) is 5.82 Å². The number of hydrogen-bond donors (Lipinski definition) is 2. The summed E-state index contributed by atoms with van der Waals surface area (Å²) >= 11 is 3.16. The molecule has 0 unspecified atom stereocenters. The first-order valence-electron chi connectivity index (χ1n) is 3.55. The molecule has 0 aliphatic rings. The van der Waals surface area contributed by atoms with Gasteiger partial charge in [0.2, 0.25) is 0 Å². The van der Waals surface area contributed by atoms with Gasteiger partial charge in [-0.2, -0.15) is 0 Å². The molecule has 1 rings (SSSR count). The van der Waals surface area contributed by atoms with Crippen molar-refractivity contribution in [2.45, 2.75) is 6.04 Å². The van der Waals surface area contributed by atoms with E-state index in [1.54, 1.807) is 12.1 Å². The van der Waals surface area contributed by atoms with Gasteiger partial charge in [0.05, 0.1) is 0 Å². The molecule has 82 valence electrons. The summed E-state index contributed by atoms with van der Waals surface area (Å²) in [6.07, 6.45) is 0. The molecule has 1 aromatic rings. The molecule has 0 radical (unpaired) electrons. The van der Waals surface area contributed by atoms with Crippen molar-refractivity contribution in [3.8, 4) is 0 Å². The van der Waals surface area contributed by atoms with E-state index in [1.165, 1.54) is 6.07 Å². The Balaban J connectivity index is 0. The van der Waals surface area contributed by atoms with Crippen LogP contribution in [0.15, 0.2) is 22.7 Å². The van der Waals surface area contributed by atoms with E-state index in [0.717, 1.165) is 0 Å². The quantitative estimate of drug-likeness (QED) is 0.881. The highest BCUT2D eigenvalue weighted by atomic mass is 79.9. The van der Waals surface area contributed by atoms with Crippen molar-refractivity contribution >= 4 is 40.7 Å². The molecule has 14 heavy (non-hydrogen) atoms. The average molecular weight is 306 g/mol. The maximum atomic E-state index is 13.1. The molecule has 1 atom stereocenters. The van der Waals surface area contributed by atoms with Crippen molar-refractivity contribution in [2.75, 3.05) is 6.54 Å². The molecule has 2 nitrogen and oxygen atoms in total. The summed E-state index contributed by atoms with van der Waals surface area (Å²) in [5.41, 5.74) is 11.3. The zero-order valence-corrected chi connectivity index (χ0v) is 10.5. The Morgan fingerprint density at radius 1 is 1.36 bits per heavy atom. The maximum absolute atomic E-state index is 13.1. The van der Waals surface area contributed by atoms with E-state index >= 15 is 0 Å². The zero-order chi connectivity index (χ0) is 9.14. The van der Waals surface area contributed by atoms with Gasteiger partial charge in [0.15, 0.2) is 0 Å². The molecule has 6 heteroatoms. The van der Waals surface area contributed by atoms with Gasteiger partial charge < -0.3 is 11.5 Å². The van der Waals surface area contributed by atoms with Crippen molar-refractivity contribution in [2.24, 2.45) is 11.5 Å². The monoisotopic (exact) mass is 304 g/mol. The summed E-state index contributed by atoms with van der Waals surface area (Å²) in [4.78, 5) is 0. The topological polar surface area (TPSA) is 52.0 Å². The van der Waals surface area contributed by atoms with E-state index in [-0.39, 0.29) is 37.2 Å². The van der Waals surface area contributed by atoms with Gasteiger partial charge in [0.25, 0.3) is 0 Å². The lowest BCUT2D eigenvalue weighted by Crippen LogP contribution is -2.21. The Bertz CT molecular complexity index is 286. The van der Waals surface area contributed by atoms with Gasteiger partial charge >= 0.3 is 0 Å². The van der Waals surface area contributed by atoms with Crippen LogP contribution in [0.5, 0.6) is 0 Å². The molecule has 4 N–H and O–H groups in total. The molecule has 0 aliphatic carbocycles. The SMILES string of the molecule is Cl.Cl.NC[C@@H](N)c1ccc(Br)cc1F. The number of benzene rings is 1. The van der Waals surface area contributed by atoms with Gasteiger partial charge in [-0.05, 0) is 12.1 Å². The van der Waals surface area contributed by atoms with Crippen LogP contribution in [0.3, 0.4) is 0 Å². The normalized spacial score (nSPS) is 11.1. The average Bonchev–Trinajstić information content (AvgIpc) is 2.03. The minimum Gasteiger partial charge on any atom is -0.329 e. The summed E-state index contributed by atoms with van der Waals surface area (Å²) in [7, 11) is 0. The Labute approximate surface area is 103 Å². The summed E-state index contributed by atoms with van der Waals surface area (Å²) in [5.74, 6) is -0.317. The highest BCUT2D eigenvalue weighted by Gasteiger charge is 2.08. The smallest absolute Gasteiger partial charge is 0.129 e. The number of rotatable bonds is 2. The van der Waals surface area contributed by atoms with Crippen LogP contribution in [0.1, 0.15) is 11.6 Å². The highest BCUT2D eigenvalue weighted by Crippen LogP contribution is 2.18. The van der Waals surface area contributed by atoms with Gasteiger partial charge in [-0.15, -0.1) is 24.8 Å². The summed E-state index contributed by atoms with van der Waals surface area (Å²) in [5, 5.41) is 0. The standard InChI is InChI=1S/C8H10BrFN2.2ClH/c9-5-1-2-6(7(10)3-5)8(12)4-11;;/h1-3,8H,4,11-12H2;2*1H/t8-;;/m1../s1. The van der Waals surface area contributed by atoms with Crippen LogP contribution in [0.2, 0.25) is 0 Å². The lowest BCUT2D eigenvalue weighted by Gasteiger charge is -2.09. The second-order valence-electron chi connectivity index (χ2n) is 2.51. The van der Waals surface area contributed by atoms with E-state index in [2.05, 4.69) is 15.9 Å². The Morgan fingerprint density at radius 2 is 1.93 bits per heavy atom. The Morgan fingerprint density at radius 3 is 2.36 bits per heavy atom. The van der Waals surface area contributed by atoms with E-state index in [9.17, 15) is 4.39 Å². The molecular formula is C8H12BrCl2FN2. The predicted molar refractivity (Wildman–Crippen MR) is 64.6 cm³/mol. The van der Waals surface area contributed by atoms with Gasteiger partial charge in [-0.25, -0.2) is 4.39 Å². The fraction of sp³-hybridized carbons (Fsp3) is 0.250. The lowest BCUT2D eigenvalue weighted by molar-refractivity contribution is 0.583. The van der Waals surface area contributed by atoms with Gasteiger partial charge in [0, 0.05) is 22.6 Å². The molecule has 0 amide bonds. The largest absolute Gasteiger partial charge is 0.329 e. The van der Waals surface area contributed by atoms with Crippen molar-refractivity contribution in [3.05, 3.63) is 34.1 Å². The second-order valence-corrected chi connectivity index (χ2v) is 3.42. The minimum absolute atomic E-state index is 0. The molecule has 0 fully saturated rings. The highest BCUT2D eigenvalue weighted by molar-refractivity contribution is 9.10. The van der Waals surface area contributed by atoms with E-state index in [4.69, 9.17) is 11.5 Å². The third kappa shape index (κ3) is 4.11. The molecule has 0 bridgehead atoms. The molecule has 0 heterocycles. The third-order valence-corrected chi connectivity index (χ3v) is 2.11. The van der Waals surface area contributed by atoms with Gasteiger partial charge in [0.1, 0.15) is 5.82 Å². The first kappa shape index (κ1) is 16.6. The first-order valence-corrected chi connectivity index (χ1v) is 4.35. The number of hydrogen-bond acceptors (Lipinski definition) is 2. The molecule has 0 saturated heterocycles. The van der Waals surface area contributed by atoms with Crippen molar-refractivity contribution in [1.82, 2.24) is 0 Å². The van der Waals surface area contributed by atoms with E-state index in [0.29, 0.717) is 10.0 Å². The molecule has 1 aromatic carbocycles. The van der Waals surface area contributed by atoms with Gasteiger partial charge in [-0.3, -0.25) is 0 Å². The van der Waals surface area contributed by atoms with Crippen molar-refractivity contribution in [1.29, 1.82) is 0 Å². The molecule has 0 saturated carbocycles. The zero-order valence-electron chi connectivity index (χ0n) is 7.24. The fourth-order valence-electron chi connectivity index (χ4n) is 0.929. The van der Waals surface area contributed by atoms with Crippen LogP contribution in [0.4, 0.5) is 4.39 Å². The van der Waals surface area contributed by atoms with Crippen molar-refractivity contribution in [3.63, 3.8) is 0 Å². The summed E-state index contributed by atoms with van der Waals surface area (Å²) < 4.78 is 13.8. The third-order valence-electron chi connectivity index (χ3n) is 1.62. The van der Waals surface area contributed by atoms with E-state index < -0.39 is 6.04 Å². The van der Waals surface area contributed by atoms with Crippen LogP contribution in [-0.2, 0) is 0 Å². The van der Waals surface area contributed by atoms with Crippen LogP contribution in [-0.4, -0.2) is 6.54 Å². The van der Waals surface area contributed by atoms with Crippen molar-refractivity contribution < 1.29 is 4.39 Å². The van der Waals surface area contributed by atoms with E-state index in [1.807, 2.05) is 0 Å². The Kier molecular flexibility index (Phi) is 8.78. The molecule has 0 aliphatic heterocycles. The first-order chi connectivity index (χ1) is 5.65. The molecule has 0 spiro atoms. The van der Waals surface area contributed by atoms with Crippen LogP contribution in [0.25, 0.3) is 0 Å². The maximum Gasteiger partial charge on any atom is 0.129 e. The number of halogens is 4. The summed E-state index contributed by atoms with van der Waals surface area (Å²) in [6, 6.07) is 4.34. The molecular weight excluding hydrogens is 294 g/mol. The summed E-state index contributed by atoms with van der Waals surface area (Å²) in [6.45, 7) is 0.249. The fourth-order valence-corrected chi connectivity index (χ4v) is 1.26. The van der Waals surface area contributed by atoms with Crippen LogP contribution >= 0.6 is 40.7 Å². The molecule has 0 aromatic heterocycles. The second kappa shape index (κ2) is 7.43. The lowest BCUT2D eigenvalue weighted by atomic mass is 10.1. The Hall–Kier alpha value is 0.130. The van der Waals surface area contributed by atoms with Crippen LogP contribution < -0.4 is 11.5 Å². The predicted octanol–water partition coefficient (Wildman–Crippen LogP) is 2.39. The number of nitrogens with two attached hydrogens (primary N) is 2. The minimum atomic E-state index is -0.418.